The monoisotopic (exact) mass is 631 g/mol. The molecule has 0 saturated carbocycles. The van der Waals surface area contributed by atoms with Crippen molar-refractivity contribution in [2.75, 3.05) is 0 Å². The van der Waals surface area contributed by atoms with Crippen molar-refractivity contribution in [1.29, 1.82) is 0 Å². The number of hydrogen-bond acceptors (Lipinski definition) is 6. The van der Waals surface area contributed by atoms with Gasteiger partial charge in [-0.15, -0.1) is 0 Å². The highest BCUT2D eigenvalue weighted by Gasteiger charge is 2.15. The zero-order chi connectivity index (χ0) is 33.9. The van der Waals surface area contributed by atoms with Crippen molar-refractivity contribution in [3.8, 4) is 0 Å². The van der Waals surface area contributed by atoms with Crippen LogP contribution in [0.3, 0.4) is 0 Å². The lowest BCUT2D eigenvalue weighted by atomic mass is 9.86. The minimum Gasteiger partial charge on any atom is -0.402 e. The van der Waals surface area contributed by atoms with Gasteiger partial charge in [0.25, 0.3) is 0 Å². The van der Waals surface area contributed by atoms with Crippen molar-refractivity contribution < 1.29 is 15.1 Å². The highest BCUT2D eigenvalue weighted by atomic mass is 16.5. The summed E-state index contributed by atoms with van der Waals surface area (Å²) in [5.74, 6) is 0. The molecule has 0 amide bonds. The second kappa shape index (κ2) is 23.4. The molecule has 0 radical (unpaired) electrons. The average molecular weight is 632 g/mol. The quantitative estimate of drug-likeness (QED) is 0.135. The van der Waals surface area contributed by atoms with E-state index in [1.165, 1.54) is 33.4 Å². The molecule has 0 saturated heterocycles. The van der Waals surface area contributed by atoms with Gasteiger partial charge < -0.3 is 15.1 Å². The summed E-state index contributed by atoms with van der Waals surface area (Å²) in [5, 5.41) is 21.5. The maximum Gasteiger partial charge on any atom is 0.631 e. The molecule has 0 aliphatic heterocycles. The molecule has 3 N–H and O–H groups in total. The molecule has 4 aromatic carbocycles. The highest BCUT2D eigenvalue weighted by Crippen LogP contribution is 2.36. The van der Waals surface area contributed by atoms with Gasteiger partial charge in [-0.25, -0.2) is 0 Å². The third kappa shape index (κ3) is 14.9. The van der Waals surface area contributed by atoms with E-state index in [-0.39, 0.29) is 0 Å². The van der Waals surface area contributed by atoms with E-state index in [0.717, 1.165) is 0 Å². The number of rotatable bonds is 4. The predicted molar refractivity (Wildman–Crippen MR) is 196 cm³/mol. The molecule has 7 heteroatoms. The summed E-state index contributed by atoms with van der Waals surface area (Å²) in [7, 11) is -2.17. The molecule has 7 rings (SSSR count). The summed E-state index contributed by atoms with van der Waals surface area (Å²) in [6, 6.07) is 59.7. The smallest absolute Gasteiger partial charge is 0.402 e. The lowest BCUT2D eigenvalue weighted by Crippen LogP contribution is -2.07. The minimum atomic E-state index is -2.17. The zero-order valence-corrected chi connectivity index (χ0v) is 26.5. The summed E-state index contributed by atoms with van der Waals surface area (Å²) >= 11 is 0. The third-order valence-corrected chi connectivity index (χ3v) is 6.20. The fraction of sp³-hybridized carbons (Fsp3) is 0. The van der Waals surface area contributed by atoms with Gasteiger partial charge >= 0.3 is 7.32 Å². The topological polar surface area (TPSA) is 99.4 Å². The molecule has 6 nitrogen and oxygen atoms in total. The van der Waals surface area contributed by atoms with E-state index < -0.39 is 7.32 Å². The second-order valence-electron chi connectivity index (χ2n) is 9.63. The average Bonchev–Trinajstić information content (AvgIpc) is 3.18. The Labute approximate surface area is 283 Å². The van der Waals surface area contributed by atoms with Crippen LogP contribution in [0.5, 0.6) is 0 Å². The van der Waals surface area contributed by atoms with Crippen LogP contribution >= 0.6 is 0 Å². The van der Waals surface area contributed by atoms with Crippen molar-refractivity contribution in [1.82, 2.24) is 15.0 Å². The molecule has 238 valence electrons. The van der Waals surface area contributed by atoms with E-state index >= 15 is 0 Å². The Hall–Kier alpha value is -5.99. The molecule has 0 unspecified atom stereocenters. The molecule has 0 atom stereocenters. The molecule has 3 heterocycles. The number of nitrogens with zero attached hydrogens (tertiary/aromatic N) is 3. The van der Waals surface area contributed by atoms with Gasteiger partial charge in [0.05, 0.1) is 0 Å². The van der Waals surface area contributed by atoms with Crippen molar-refractivity contribution in [2.45, 2.75) is 0 Å². The fourth-order valence-electron chi connectivity index (χ4n) is 4.27. The lowest BCUT2D eigenvalue weighted by molar-refractivity contribution is 0.278. The second-order valence-corrected chi connectivity index (χ2v) is 9.63. The van der Waals surface area contributed by atoms with Crippen LogP contribution in [0.1, 0.15) is 22.3 Å². The Morgan fingerprint density at radius 2 is 0.458 bits per heavy atom. The van der Waals surface area contributed by atoms with Crippen LogP contribution in [0, 0.1) is 0 Å². The summed E-state index contributed by atoms with van der Waals surface area (Å²) in [4.78, 5) is 11.4. The van der Waals surface area contributed by atoms with Gasteiger partial charge in [0.15, 0.2) is 0 Å². The van der Waals surface area contributed by atoms with Crippen LogP contribution in [0.25, 0.3) is 11.1 Å². The number of hydrogen-bond donors (Lipinski definition) is 3. The molecule has 3 aromatic heterocycles. The zero-order valence-electron chi connectivity index (χ0n) is 26.5. The molecule has 0 spiro atoms. The van der Waals surface area contributed by atoms with Crippen molar-refractivity contribution in [3.05, 3.63) is 235 Å². The summed E-state index contributed by atoms with van der Waals surface area (Å²) in [5.41, 5.74) is 7.40. The van der Waals surface area contributed by atoms with E-state index in [1.807, 2.05) is 54.6 Å². The Kier molecular flexibility index (Phi) is 17.8. The van der Waals surface area contributed by atoms with Crippen molar-refractivity contribution in [3.63, 3.8) is 0 Å². The van der Waals surface area contributed by atoms with Crippen LogP contribution in [0.4, 0.5) is 0 Å². The van der Waals surface area contributed by atoms with Gasteiger partial charge in [-0.05, 0) is 69.8 Å². The number of benzene rings is 4. The first-order chi connectivity index (χ1) is 23.7. The van der Waals surface area contributed by atoms with Crippen molar-refractivity contribution in [2.24, 2.45) is 0 Å². The van der Waals surface area contributed by atoms with E-state index in [1.54, 1.807) is 37.2 Å². The predicted octanol–water partition coefficient (Wildman–Crippen LogP) is 7.89. The highest BCUT2D eigenvalue weighted by molar-refractivity contribution is 6.30. The maximum atomic E-state index is 7.17. The van der Waals surface area contributed by atoms with Gasteiger partial charge in [-0.1, -0.05) is 140 Å². The molecule has 0 aliphatic rings. The lowest BCUT2D eigenvalue weighted by Gasteiger charge is -2.18. The maximum absolute atomic E-state index is 7.17. The summed E-state index contributed by atoms with van der Waals surface area (Å²) < 4.78 is 0. The number of pyridine rings is 3. The molecule has 0 fully saturated rings. The van der Waals surface area contributed by atoms with Crippen molar-refractivity contribution >= 4 is 18.5 Å². The van der Waals surface area contributed by atoms with Crippen LogP contribution in [0.2, 0.25) is 0 Å². The van der Waals surface area contributed by atoms with Crippen LogP contribution < -0.4 is 0 Å². The van der Waals surface area contributed by atoms with E-state index in [4.69, 9.17) is 15.1 Å². The first-order valence-corrected chi connectivity index (χ1v) is 15.2. The normalized spacial score (nSPS) is 9.15. The van der Waals surface area contributed by atoms with Gasteiger partial charge in [0.1, 0.15) is 0 Å². The Morgan fingerprint density at radius 3 is 0.583 bits per heavy atom. The standard InChI is InChI=1S/C26H20.3C5H5N.BH3O3/c1-5-13-21(14-6-1)25(22-15-7-2-8-16-22)26(23-17-9-3-10-18-23)24-19-11-4-12-20-24;3*1-2-4-6-5-3-1;2-1(3)4/h1-20H;3*1-5H;2-4H. The molecular weight excluding hydrogens is 593 g/mol. The van der Waals surface area contributed by atoms with Crippen LogP contribution in [0.15, 0.2) is 213 Å². The summed E-state index contributed by atoms with van der Waals surface area (Å²) in [6.45, 7) is 0. The molecular formula is C41H38BN3O3. The first kappa shape index (κ1) is 36.5. The minimum absolute atomic E-state index is 1.22. The van der Waals surface area contributed by atoms with Gasteiger partial charge in [0.2, 0.25) is 0 Å². The van der Waals surface area contributed by atoms with Gasteiger partial charge in [-0.2, -0.15) is 0 Å². The van der Waals surface area contributed by atoms with Crippen LogP contribution in [-0.2, 0) is 0 Å². The first-order valence-electron chi connectivity index (χ1n) is 15.2. The third-order valence-electron chi connectivity index (χ3n) is 6.20. The van der Waals surface area contributed by atoms with Crippen LogP contribution in [-0.4, -0.2) is 37.3 Å². The Morgan fingerprint density at radius 1 is 0.292 bits per heavy atom. The van der Waals surface area contributed by atoms with E-state index in [2.05, 4.69) is 136 Å². The van der Waals surface area contributed by atoms with E-state index in [9.17, 15) is 0 Å². The molecule has 0 aliphatic carbocycles. The largest absolute Gasteiger partial charge is 0.631 e. The Bertz CT molecular complexity index is 1440. The Balaban J connectivity index is 0.000000227. The van der Waals surface area contributed by atoms with E-state index in [0.29, 0.717) is 0 Å². The fourth-order valence-corrected chi connectivity index (χ4v) is 4.27. The van der Waals surface area contributed by atoms with Gasteiger partial charge in [-0.3, -0.25) is 15.0 Å². The van der Waals surface area contributed by atoms with Gasteiger partial charge in [0, 0.05) is 37.2 Å². The number of aromatic nitrogens is 3. The molecule has 7 aromatic rings. The molecule has 0 bridgehead atoms. The SMILES string of the molecule is OB(O)O.c1ccc(C(=C(c2ccccc2)c2ccccc2)c2ccccc2)cc1.c1ccncc1.c1ccncc1.c1ccncc1. The molecule has 48 heavy (non-hydrogen) atoms. The summed E-state index contributed by atoms with van der Waals surface area (Å²) in [6.07, 6.45) is 10.5.